The van der Waals surface area contributed by atoms with Crippen LogP contribution < -0.4 is 0 Å². The van der Waals surface area contributed by atoms with Crippen molar-refractivity contribution in [1.29, 1.82) is 0 Å². The second kappa shape index (κ2) is 6.37. The largest absolute Gasteiger partial charge is 0.377 e. The van der Waals surface area contributed by atoms with Gasteiger partial charge in [-0.25, -0.2) is 0 Å². The molecule has 0 amide bonds. The minimum absolute atomic E-state index is 0.0284. The number of rotatable bonds is 3. The molecule has 0 spiro atoms. The zero-order valence-electron chi connectivity index (χ0n) is 14.6. The Kier molecular flexibility index (Phi) is 5.15. The van der Waals surface area contributed by atoms with Gasteiger partial charge in [0.1, 0.15) is 5.78 Å². The first-order valence-corrected chi connectivity index (χ1v) is 8.54. The number of carbonyl (C=O) groups is 1. The van der Waals surface area contributed by atoms with Crippen LogP contribution in [0.1, 0.15) is 59.8 Å². The predicted octanol–water partition coefficient (Wildman–Crippen LogP) is 3.52. The summed E-state index contributed by atoms with van der Waals surface area (Å²) in [4.78, 5) is 14.8. The maximum absolute atomic E-state index is 12.3. The van der Waals surface area contributed by atoms with Crippen molar-refractivity contribution >= 4 is 5.78 Å². The maximum atomic E-state index is 12.3. The van der Waals surface area contributed by atoms with E-state index < -0.39 is 0 Å². The number of nitrogens with zero attached hydrogens (tertiary/aromatic N) is 1. The van der Waals surface area contributed by atoms with Crippen molar-refractivity contribution in [2.45, 2.75) is 65.4 Å². The first kappa shape index (κ1) is 17.0. The van der Waals surface area contributed by atoms with Crippen LogP contribution in [0.3, 0.4) is 0 Å². The van der Waals surface area contributed by atoms with E-state index in [2.05, 4.69) is 32.6 Å². The lowest BCUT2D eigenvalue weighted by molar-refractivity contribution is -0.128. The highest BCUT2D eigenvalue weighted by atomic mass is 16.5. The van der Waals surface area contributed by atoms with Gasteiger partial charge in [-0.2, -0.15) is 0 Å². The number of hydrogen-bond acceptors (Lipinski definition) is 3. The van der Waals surface area contributed by atoms with E-state index in [1.165, 1.54) is 6.42 Å². The van der Waals surface area contributed by atoms with Gasteiger partial charge < -0.3 is 4.74 Å². The summed E-state index contributed by atoms with van der Waals surface area (Å²) in [6.07, 6.45) is 5.23. The number of piperidine rings is 1. The molecule has 0 radical (unpaired) electrons. The molecule has 2 fully saturated rings. The number of likely N-dealkylation sites (tertiary alicyclic amines) is 1. The molecule has 1 aliphatic carbocycles. The average Bonchev–Trinajstić information content (AvgIpc) is 2.40. The summed E-state index contributed by atoms with van der Waals surface area (Å²) < 4.78 is 5.67. The lowest BCUT2D eigenvalue weighted by Gasteiger charge is -2.43. The molecule has 3 heteroatoms. The van der Waals surface area contributed by atoms with Gasteiger partial charge in [0.05, 0.1) is 5.60 Å². The Labute approximate surface area is 130 Å². The van der Waals surface area contributed by atoms with Gasteiger partial charge in [0.15, 0.2) is 0 Å². The van der Waals surface area contributed by atoms with Crippen LogP contribution >= 0.6 is 0 Å². The van der Waals surface area contributed by atoms with Gasteiger partial charge in [0, 0.05) is 32.5 Å². The van der Waals surface area contributed by atoms with E-state index in [-0.39, 0.29) is 11.5 Å². The number of ether oxygens (including phenoxy) is 1. The predicted molar refractivity (Wildman–Crippen MR) is 86.4 cm³/mol. The standard InChI is InChI=1S/C18H33NO2/c1-17(2,3)15-7-8-16(20)14(11-15)12-19-10-6-9-18(4,13-19)21-5/h14-15H,6-13H2,1-5H3. The summed E-state index contributed by atoms with van der Waals surface area (Å²) in [5, 5.41) is 0. The van der Waals surface area contributed by atoms with E-state index in [1.54, 1.807) is 0 Å². The Hall–Kier alpha value is -0.410. The van der Waals surface area contributed by atoms with Crippen LogP contribution in [0.25, 0.3) is 0 Å². The van der Waals surface area contributed by atoms with Crippen molar-refractivity contribution in [3.8, 4) is 0 Å². The third-order valence-corrected chi connectivity index (χ3v) is 5.70. The zero-order valence-corrected chi connectivity index (χ0v) is 14.6. The van der Waals surface area contributed by atoms with Crippen LogP contribution in [0.4, 0.5) is 0 Å². The number of ketones is 1. The normalized spacial score (nSPS) is 36.0. The first-order valence-electron chi connectivity index (χ1n) is 8.54. The highest BCUT2D eigenvalue weighted by molar-refractivity contribution is 5.82. The Morgan fingerprint density at radius 3 is 2.71 bits per heavy atom. The first-order chi connectivity index (χ1) is 9.73. The van der Waals surface area contributed by atoms with Gasteiger partial charge in [-0.15, -0.1) is 0 Å². The molecule has 0 aromatic heterocycles. The van der Waals surface area contributed by atoms with E-state index in [9.17, 15) is 4.79 Å². The van der Waals surface area contributed by atoms with Gasteiger partial charge in [-0.3, -0.25) is 9.69 Å². The topological polar surface area (TPSA) is 29.5 Å². The minimum atomic E-state index is -0.0284. The second-order valence-corrected chi connectivity index (χ2v) is 8.49. The molecular weight excluding hydrogens is 262 g/mol. The molecule has 0 bridgehead atoms. The molecular formula is C18H33NO2. The third-order valence-electron chi connectivity index (χ3n) is 5.70. The number of hydrogen-bond donors (Lipinski definition) is 0. The minimum Gasteiger partial charge on any atom is -0.377 e. The van der Waals surface area contributed by atoms with Gasteiger partial charge >= 0.3 is 0 Å². The number of Topliss-reactive ketones (excluding diaryl/α,β-unsaturated/α-hetero) is 1. The molecule has 1 heterocycles. The van der Waals surface area contributed by atoms with Crippen LogP contribution in [0.15, 0.2) is 0 Å². The summed E-state index contributed by atoms with van der Waals surface area (Å²) in [6.45, 7) is 12.1. The second-order valence-electron chi connectivity index (χ2n) is 8.49. The smallest absolute Gasteiger partial charge is 0.137 e. The molecule has 3 unspecified atom stereocenters. The van der Waals surface area contributed by atoms with Gasteiger partial charge in [-0.05, 0) is 50.5 Å². The summed E-state index contributed by atoms with van der Waals surface area (Å²) in [6, 6.07) is 0. The lowest BCUT2D eigenvalue weighted by Crippen LogP contribution is -2.50. The highest BCUT2D eigenvalue weighted by Crippen LogP contribution is 2.39. The van der Waals surface area contributed by atoms with Gasteiger partial charge in [0.25, 0.3) is 0 Å². The van der Waals surface area contributed by atoms with Crippen molar-refractivity contribution in [2.75, 3.05) is 26.7 Å². The van der Waals surface area contributed by atoms with Gasteiger partial charge in [-0.1, -0.05) is 20.8 Å². The number of carbonyl (C=O) groups excluding carboxylic acids is 1. The Morgan fingerprint density at radius 2 is 2.10 bits per heavy atom. The molecule has 2 rings (SSSR count). The van der Waals surface area contributed by atoms with E-state index in [1.807, 2.05) is 7.11 Å². The van der Waals surface area contributed by atoms with Crippen molar-refractivity contribution in [3.05, 3.63) is 0 Å². The van der Waals surface area contributed by atoms with E-state index in [4.69, 9.17) is 4.74 Å². The van der Waals surface area contributed by atoms with Crippen molar-refractivity contribution < 1.29 is 9.53 Å². The molecule has 3 atom stereocenters. The molecule has 1 saturated heterocycles. The summed E-state index contributed by atoms with van der Waals surface area (Å²) in [5.74, 6) is 1.40. The molecule has 1 saturated carbocycles. The van der Waals surface area contributed by atoms with Crippen molar-refractivity contribution in [1.82, 2.24) is 4.90 Å². The van der Waals surface area contributed by atoms with Crippen LogP contribution in [-0.2, 0) is 9.53 Å². The molecule has 0 aromatic carbocycles. The van der Waals surface area contributed by atoms with E-state index in [0.29, 0.717) is 17.1 Å². The molecule has 0 N–H and O–H groups in total. The fraction of sp³-hybridized carbons (Fsp3) is 0.944. The van der Waals surface area contributed by atoms with Crippen molar-refractivity contribution in [3.63, 3.8) is 0 Å². The SMILES string of the molecule is COC1(C)CCCN(CC2CC(C(C)(C)C)CCC2=O)C1. The number of methoxy groups -OCH3 is 1. The third kappa shape index (κ3) is 4.29. The van der Waals surface area contributed by atoms with Gasteiger partial charge in [0.2, 0.25) is 0 Å². The lowest BCUT2D eigenvalue weighted by atomic mass is 9.68. The molecule has 0 aromatic rings. The summed E-state index contributed by atoms with van der Waals surface area (Å²) in [5.41, 5.74) is 0.293. The Morgan fingerprint density at radius 1 is 1.38 bits per heavy atom. The van der Waals surface area contributed by atoms with E-state index >= 15 is 0 Å². The molecule has 2 aliphatic rings. The molecule has 1 aliphatic heterocycles. The maximum Gasteiger partial charge on any atom is 0.137 e. The monoisotopic (exact) mass is 295 g/mol. The van der Waals surface area contributed by atoms with Crippen LogP contribution in [0.2, 0.25) is 0 Å². The van der Waals surface area contributed by atoms with E-state index in [0.717, 1.165) is 45.3 Å². The molecule has 3 nitrogen and oxygen atoms in total. The van der Waals surface area contributed by atoms with Crippen LogP contribution in [0.5, 0.6) is 0 Å². The van der Waals surface area contributed by atoms with Crippen LogP contribution in [-0.4, -0.2) is 43.0 Å². The average molecular weight is 295 g/mol. The fourth-order valence-corrected chi connectivity index (χ4v) is 4.02. The van der Waals surface area contributed by atoms with Crippen LogP contribution in [0, 0.1) is 17.3 Å². The summed E-state index contributed by atoms with van der Waals surface area (Å²) in [7, 11) is 1.81. The molecule has 21 heavy (non-hydrogen) atoms. The Bertz CT molecular complexity index is 374. The fourth-order valence-electron chi connectivity index (χ4n) is 4.02. The van der Waals surface area contributed by atoms with Crippen molar-refractivity contribution in [2.24, 2.45) is 17.3 Å². The highest BCUT2D eigenvalue weighted by Gasteiger charge is 2.37. The molecule has 122 valence electrons. The quantitative estimate of drug-likeness (QED) is 0.798. The Balaban J connectivity index is 1.96. The zero-order chi connectivity index (χ0) is 15.7. The summed E-state index contributed by atoms with van der Waals surface area (Å²) >= 11 is 0.